The summed E-state index contributed by atoms with van der Waals surface area (Å²) in [5.41, 5.74) is 1.04. The van der Waals surface area contributed by atoms with Gasteiger partial charge in [-0.25, -0.2) is 0 Å². The molecule has 0 aliphatic heterocycles. The quantitative estimate of drug-likeness (QED) is 0.581. The van der Waals surface area contributed by atoms with Gasteiger partial charge in [0, 0.05) is 20.8 Å². The van der Waals surface area contributed by atoms with Gasteiger partial charge in [-0.15, -0.1) is 0 Å². The number of rotatable bonds is 4. The van der Waals surface area contributed by atoms with Gasteiger partial charge in [0.25, 0.3) is 17.9 Å². The Morgan fingerprint density at radius 1 is 1.00 bits per heavy atom. The minimum Gasteiger partial charge on any atom is -0.455 e. The minimum atomic E-state index is -3.69. The monoisotopic (exact) mass is 298 g/mol. The van der Waals surface area contributed by atoms with Gasteiger partial charge in [-0.1, -0.05) is 11.6 Å². The van der Waals surface area contributed by atoms with Gasteiger partial charge in [0.2, 0.25) is 0 Å². The normalized spacial score (nSPS) is 24.1. The second-order valence-corrected chi connectivity index (χ2v) is 7.82. The summed E-state index contributed by atoms with van der Waals surface area (Å²) in [4.78, 5) is 34.2. The Hall–Kier alpha value is -1.63. The highest BCUT2D eigenvalue weighted by atomic mass is 28.4. The summed E-state index contributed by atoms with van der Waals surface area (Å²) in [5.74, 6) is -1.59. The molecule has 2 aliphatic carbocycles. The minimum absolute atomic E-state index is 0.209. The van der Waals surface area contributed by atoms with Crippen molar-refractivity contribution in [2.24, 2.45) is 5.92 Å². The molecule has 0 aromatic rings. The van der Waals surface area contributed by atoms with Crippen molar-refractivity contribution in [2.75, 3.05) is 0 Å². The van der Waals surface area contributed by atoms with Crippen molar-refractivity contribution < 1.29 is 27.7 Å². The predicted octanol–water partition coefficient (Wildman–Crippen LogP) is 1.72. The molecular formula is C13H18O6Si. The third-order valence-corrected chi connectivity index (χ3v) is 6.90. The van der Waals surface area contributed by atoms with Crippen LogP contribution in [0, 0.1) is 5.92 Å². The van der Waals surface area contributed by atoms with Crippen molar-refractivity contribution in [3.63, 3.8) is 0 Å². The van der Waals surface area contributed by atoms with Gasteiger partial charge in [-0.3, -0.25) is 14.4 Å². The molecule has 20 heavy (non-hydrogen) atoms. The van der Waals surface area contributed by atoms with E-state index in [1.165, 1.54) is 26.3 Å². The fourth-order valence-corrected chi connectivity index (χ4v) is 6.17. The summed E-state index contributed by atoms with van der Waals surface area (Å²) in [6.45, 7) is 3.67. The van der Waals surface area contributed by atoms with Crippen LogP contribution >= 0.6 is 0 Å². The Balaban J connectivity index is 2.33. The average Bonchev–Trinajstić information content (AvgIpc) is 2.87. The van der Waals surface area contributed by atoms with Crippen LogP contribution in [-0.2, 0) is 27.7 Å². The second-order valence-electron chi connectivity index (χ2n) is 5.26. The summed E-state index contributed by atoms with van der Waals surface area (Å²) in [7, 11) is -3.69. The maximum Gasteiger partial charge on any atom is 0.709 e. The van der Waals surface area contributed by atoms with Gasteiger partial charge in [-0.2, -0.15) is 0 Å². The maximum absolute atomic E-state index is 11.4. The lowest BCUT2D eigenvalue weighted by Crippen LogP contribution is -2.54. The standard InChI is InChI=1S/C13H18O6Si/c1-8(14)17-20(18-9(2)15,19-10(3)16)13-7-11-4-5-12(13)6-11/h4,12-13H,5-7H2,1-3H3. The fraction of sp³-hybridized carbons (Fsp3) is 0.615. The second kappa shape index (κ2) is 5.39. The van der Waals surface area contributed by atoms with Crippen LogP contribution in [0.25, 0.3) is 0 Å². The van der Waals surface area contributed by atoms with Crippen molar-refractivity contribution in [1.29, 1.82) is 0 Å². The number of allylic oxidation sites excluding steroid dienone is 2. The first kappa shape index (κ1) is 14.8. The third kappa shape index (κ3) is 2.92. The highest BCUT2D eigenvalue weighted by Crippen LogP contribution is 2.53. The molecule has 2 unspecified atom stereocenters. The van der Waals surface area contributed by atoms with Crippen molar-refractivity contribution in [3.05, 3.63) is 11.6 Å². The largest absolute Gasteiger partial charge is 0.709 e. The van der Waals surface area contributed by atoms with E-state index in [1.807, 2.05) is 0 Å². The fourth-order valence-electron chi connectivity index (χ4n) is 3.05. The van der Waals surface area contributed by atoms with E-state index in [0.29, 0.717) is 6.42 Å². The van der Waals surface area contributed by atoms with Gasteiger partial charge in [0.05, 0.1) is 5.54 Å². The van der Waals surface area contributed by atoms with E-state index < -0.39 is 26.7 Å². The lowest BCUT2D eigenvalue weighted by molar-refractivity contribution is -0.148. The van der Waals surface area contributed by atoms with E-state index >= 15 is 0 Å². The Kier molecular flexibility index (Phi) is 3.98. The molecule has 2 aliphatic rings. The lowest BCUT2D eigenvalue weighted by atomic mass is 10.1. The van der Waals surface area contributed by atoms with Crippen LogP contribution in [0.3, 0.4) is 0 Å². The molecule has 2 atom stereocenters. The molecule has 0 N–H and O–H groups in total. The molecule has 2 bridgehead atoms. The summed E-state index contributed by atoms with van der Waals surface area (Å²) >= 11 is 0. The van der Waals surface area contributed by atoms with Gasteiger partial charge in [-0.05, 0) is 25.2 Å². The van der Waals surface area contributed by atoms with Crippen LogP contribution < -0.4 is 0 Å². The predicted molar refractivity (Wildman–Crippen MR) is 70.2 cm³/mol. The zero-order valence-corrected chi connectivity index (χ0v) is 12.8. The molecular weight excluding hydrogens is 280 g/mol. The molecule has 2 rings (SSSR count). The molecule has 1 saturated carbocycles. The van der Waals surface area contributed by atoms with E-state index in [1.54, 1.807) is 0 Å². The molecule has 110 valence electrons. The Morgan fingerprint density at radius 2 is 1.50 bits per heavy atom. The number of fused-ring (bicyclic) bond motifs is 2. The summed E-state index contributed by atoms with van der Waals surface area (Å²) in [6.07, 6.45) is 4.54. The van der Waals surface area contributed by atoms with Crippen LogP contribution in [0.15, 0.2) is 11.6 Å². The van der Waals surface area contributed by atoms with Crippen LogP contribution in [0.4, 0.5) is 0 Å². The van der Waals surface area contributed by atoms with Gasteiger partial charge >= 0.3 is 8.80 Å². The smallest absolute Gasteiger partial charge is 0.455 e. The first-order valence-electron chi connectivity index (χ1n) is 6.59. The van der Waals surface area contributed by atoms with Crippen LogP contribution in [0.1, 0.15) is 40.0 Å². The maximum atomic E-state index is 11.4. The molecule has 0 saturated heterocycles. The summed E-state index contributed by atoms with van der Waals surface area (Å²) in [5, 5.41) is 0. The number of hydrogen-bond donors (Lipinski definition) is 0. The topological polar surface area (TPSA) is 78.9 Å². The molecule has 0 amide bonds. The van der Waals surface area contributed by atoms with E-state index in [-0.39, 0.29) is 11.5 Å². The zero-order valence-electron chi connectivity index (χ0n) is 11.8. The van der Waals surface area contributed by atoms with E-state index in [2.05, 4.69) is 6.08 Å². The summed E-state index contributed by atoms with van der Waals surface area (Å²) < 4.78 is 15.8. The highest BCUT2D eigenvalue weighted by Gasteiger charge is 2.64. The van der Waals surface area contributed by atoms with E-state index in [0.717, 1.165) is 12.8 Å². The van der Waals surface area contributed by atoms with Crippen LogP contribution in [0.2, 0.25) is 5.54 Å². The van der Waals surface area contributed by atoms with E-state index in [4.69, 9.17) is 13.3 Å². The molecule has 1 fully saturated rings. The number of hydrogen-bond acceptors (Lipinski definition) is 6. The molecule has 7 heteroatoms. The van der Waals surface area contributed by atoms with E-state index in [9.17, 15) is 14.4 Å². The summed E-state index contributed by atoms with van der Waals surface area (Å²) in [6, 6.07) is 0. The average molecular weight is 298 g/mol. The number of carbonyl (C=O) groups excluding carboxylic acids is 3. The van der Waals surface area contributed by atoms with Gasteiger partial charge < -0.3 is 13.3 Å². The SMILES string of the molecule is CC(=O)O[Si](OC(C)=O)(OC(C)=O)C1CC2=CCC1C2. The molecule has 0 spiro atoms. The van der Waals surface area contributed by atoms with Crippen molar-refractivity contribution >= 4 is 26.7 Å². The zero-order chi connectivity index (χ0) is 14.9. The van der Waals surface area contributed by atoms with Crippen LogP contribution in [0.5, 0.6) is 0 Å². The van der Waals surface area contributed by atoms with Crippen molar-refractivity contribution in [2.45, 2.75) is 45.6 Å². The van der Waals surface area contributed by atoms with Gasteiger partial charge in [0.15, 0.2) is 0 Å². The number of carbonyl (C=O) groups is 3. The molecule has 6 nitrogen and oxygen atoms in total. The Morgan fingerprint density at radius 3 is 1.80 bits per heavy atom. The van der Waals surface area contributed by atoms with Crippen molar-refractivity contribution in [1.82, 2.24) is 0 Å². The lowest BCUT2D eigenvalue weighted by Gasteiger charge is -2.33. The molecule has 0 heterocycles. The Bertz CT molecular complexity index is 442. The Labute approximate surface area is 118 Å². The molecule has 0 radical (unpaired) electrons. The van der Waals surface area contributed by atoms with Gasteiger partial charge in [0.1, 0.15) is 0 Å². The highest BCUT2D eigenvalue weighted by molar-refractivity contribution is 6.67. The first-order chi connectivity index (χ1) is 9.32. The molecule has 0 aromatic carbocycles. The molecule has 0 aromatic heterocycles. The third-order valence-electron chi connectivity index (χ3n) is 3.60. The van der Waals surface area contributed by atoms with Crippen molar-refractivity contribution in [3.8, 4) is 0 Å². The van der Waals surface area contributed by atoms with Crippen LogP contribution in [-0.4, -0.2) is 26.7 Å². The first-order valence-corrected chi connectivity index (χ1v) is 8.39.